The Labute approximate surface area is 74.0 Å². The molecule has 0 unspecified atom stereocenters. The molecular formula is C8H18N4. The monoisotopic (exact) mass is 170 g/mol. The SMILES string of the molecule is CCC(C)CC.Cn1cnnn1. The summed E-state index contributed by atoms with van der Waals surface area (Å²) in [6.07, 6.45) is 4.19. The topological polar surface area (TPSA) is 43.6 Å². The second kappa shape index (κ2) is 6.76. The molecule has 0 radical (unpaired) electrons. The predicted molar refractivity (Wildman–Crippen MR) is 48.5 cm³/mol. The molecule has 0 aromatic carbocycles. The maximum atomic E-state index is 3.47. The van der Waals surface area contributed by atoms with Gasteiger partial charge in [0.1, 0.15) is 6.33 Å². The number of aryl methyl sites for hydroxylation is 1. The molecule has 0 bridgehead atoms. The van der Waals surface area contributed by atoms with Crippen LogP contribution < -0.4 is 0 Å². The van der Waals surface area contributed by atoms with Crippen LogP contribution in [0.25, 0.3) is 0 Å². The normalized spacial score (nSPS) is 9.42. The third-order valence-electron chi connectivity index (χ3n) is 1.85. The number of nitrogens with zero attached hydrogens (tertiary/aromatic N) is 4. The Balaban J connectivity index is 0.000000202. The molecule has 0 aliphatic rings. The molecule has 1 aromatic rings. The van der Waals surface area contributed by atoms with Crippen molar-refractivity contribution in [1.29, 1.82) is 0 Å². The average Bonchev–Trinajstić information content (AvgIpc) is 2.55. The van der Waals surface area contributed by atoms with Gasteiger partial charge in [0, 0.05) is 7.05 Å². The van der Waals surface area contributed by atoms with Crippen molar-refractivity contribution >= 4 is 0 Å². The highest BCUT2D eigenvalue weighted by atomic mass is 15.5. The molecule has 0 aliphatic carbocycles. The molecule has 0 saturated heterocycles. The average molecular weight is 170 g/mol. The lowest BCUT2D eigenvalue weighted by Crippen LogP contribution is -1.85. The summed E-state index contributed by atoms with van der Waals surface area (Å²) in [6, 6.07) is 0. The number of hydrogen-bond acceptors (Lipinski definition) is 3. The number of tetrazole rings is 1. The van der Waals surface area contributed by atoms with E-state index in [1.165, 1.54) is 23.9 Å². The Bertz CT molecular complexity index is 167. The van der Waals surface area contributed by atoms with Gasteiger partial charge in [-0.25, -0.2) is 4.68 Å². The lowest BCUT2D eigenvalue weighted by atomic mass is 10.1. The third kappa shape index (κ3) is 5.82. The Kier molecular flexibility index (Phi) is 6.24. The fourth-order valence-electron chi connectivity index (χ4n) is 0.496. The summed E-state index contributed by atoms with van der Waals surface area (Å²) >= 11 is 0. The zero-order valence-electron chi connectivity index (χ0n) is 8.36. The maximum Gasteiger partial charge on any atom is 0.137 e. The van der Waals surface area contributed by atoms with Gasteiger partial charge < -0.3 is 0 Å². The summed E-state index contributed by atoms with van der Waals surface area (Å²) in [7, 11) is 1.76. The van der Waals surface area contributed by atoms with Crippen LogP contribution in [0.2, 0.25) is 0 Å². The van der Waals surface area contributed by atoms with E-state index in [0.29, 0.717) is 0 Å². The Hall–Kier alpha value is -0.930. The van der Waals surface area contributed by atoms with Crippen LogP contribution in [-0.2, 0) is 7.05 Å². The second-order valence-corrected chi connectivity index (χ2v) is 2.91. The second-order valence-electron chi connectivity index (χ2n) is 2.91. The molecule has 4 nitrogen and oxygen atoms in total. The van der Waals surface area contributed by atoms with Crippen LogP contribution in [0.5, 0.6) is 0 Å². The van der Waals surface area contributed by atoms with E-state index in [-0.39, 0.29) is 0 Å². The molecular weight excluding hydrogens is 152 g/mol. The van der Waals surface area contributed by atoms with Crippen LogP contribution in [0.4, 0.5) is 0 Å². The smallest absolute Gasteiger partial charge is 0.137 e. The molecule has 1 heterocycles. The molecule has 1 aromatic heterocycles. The lowest BCUT2D eigenvalue weighted by molar-refractivity contribution is 0.544. The van der Waals surface area contributed by atoms with E-state index in [1.54, 1.807) is 7.05 Å². The fourth-order valence-corrected chi connectivity index (χ4v) is 0.496. The molecule has 70 valence electrons. The number of aromatic nitrogens is 4. The van der Waals surface area contributed by atoms with Crippen molar-refractivity contribution in [3.63, 3.8) is 0 Å². The van der Waals surface area contributed by atoms with Crippen molar-refractivity contribution in [2.75, 3.05) is 0 Å². The standard InChI is InChI=1S/C6H14.C2H4N4/c1-4-6(3)5-2;1-6-2-3-4-5-6/h6H,4-5H2,1-3H3;2H,1H3. The molecule has 12 heavy (non-hydrogen) atoms. The minimum Gasteiger partial charge on any atom is -0.236 e. The summed E-state index contributed by atoms with van der Waals surface area (Å²) in [4.78, 5) is 0. The highest BCUT2D eigenvalue weighted by molar-refractivity contribution is 4.41. The van der Waals surface area contributed by atoms with Crippen molar-refractivity contribution in [3.05, 3.63) is 6.33 Å². The first-order chi connectivity index (χ1) is 5.70. The first kappa shape index (κ1) is 11.1. The first-order valence-corrected chi connectivity index (χ1v) is 4.37. The predicted octanol–water partition coefficient (Wildman–Crippen LogP) is 1.65. The molecule has 0 fully saturated rings. The van der Waals surface area contributed by atoms with E-state index in [0.717, 1.165) is 5.92 Å². The molecule has 0 aliphatic heterocycles. The van der Waals surface area contributed by atoms with E-state index >= 15 is 0 Å². The van der Waals surface area contributed by atoms with Gasteiger partial charge in [-0.2, -0.15) is 0 Å². The van der Waals surface area contributed by atoms with Crippen LogP contribution in [0, 0.1) is 5.92 Å². The molecule has 0 amide bonds. The van der Waals surface area contributed by atoms with Gasteiger partial charge in [0.2, 0.25) is 0 Å². The summed E-state index contributed by atoms with van der Waals surface area (Å²) in [5.74, 6) is 0.935. The van der Waals surface area contributed by atoms with Crippen molar-refractivity contribution in [2.24, 2.45) is 13.0 Å². The van der Waals surface area contributed by atoms with Gasteiger partial charge in [0.15, 0.2) is 0 Å². The van der Waals surface area contributed by atoms with Crippen molar-refractivity contribution in [2.45, 2.75) is 33.6 Å². The van der Waals surface area contributed by atoms with Crippen LogP contribution >= 0.6 is 0 Å². The third-order valence-corrected chi connectivity index (χ3v) is 1.85. The Morgan fingerprint density at radius 2 is 1.92 bits per heavy atom. The molecule has 0 N–H and O–H groups in total. The van der Waals surface area contributed by atoms with Gasteiger partial charge in [-0.05, 0) is 16.3 Å². The van der Waals surface area contributed by atoms with E-state index in [2.05, 4.69) is 36.3 Å². The lowest BCUT2D eigenvalue weighted by Gasteiger charge is -1.98. The Morgan fingerprint density at radius 1 is 1.33 bits per heavy atom. The molecule has 0 spiro atoms. The van der Waals surface area contributed by atoms with Crippen molar-refractivity contribution < 1.29 is 0 Å². The van der Waals surface area contributed by atoms with Gasteiger partial charge in [0.05, 0.1) is 0 Å². The van der Waals surface area contributed by atoms with E-state index in [1.807, 2.05) is 0 Å². The minimum absolute atomic E-state index is 0.935. The minimum atomic E-state index is 0.935. The van der Waals surface area contributed by atoms with E-state index in [9.17, 15) is 0 Å². The highest BCUT2D eigenvalue weighted by Gasteiger charge is 1.88. The molecule has 0 atom stereocenters. The van der Waals surface area contributed by atoms with Gasteiger partial charge >= 0.3 is 0 Å². The molecule has 1 rings (SSSR count). The quantitative estimate of drug-likeness (QED) is 0.678. The summed E-state index contributed by atoms with van der Waals surface area (Å²) in [5.41, 5.74) is 0. The van der Waals surface area contributed by atoms with Crippen LogP contribution in [0.1, 0.15) is 33.6 Å². The zero-order chi connectivity index (χ0) is 9.40. The summed E-state index contributed by atoms with van der Waals surface area (Å²) in [6.45, 7) is 6.74. The molecule has 4 heteroatoms. The van der Waals surface area contributed by atoms with Crippen LogP contribution in [0.3, 0.4) is 0 Å². The number of hydrogen-bond donors (Lipinski definition) is 0. The van der Waals surface area contributed by atoms with Gasteiger partial charge in [-0.3, -0.25) is 0 Å². The highest BCUT2D eigenvalue weighted by Crippen LogP contribution is 2.02. The van der Waals surface area contributed by atoms with Gasteiger partial charge in [-0.1, -0.05) is 33.6 Å². The van der Waals surface area contributed by atoms with Crippen LogP contribution in [-0.4, -0.2) is 20.2 Å². The summed E-state index contributed by atoms with van der Waals surface area (Å²) in [5, 5.41) is 10.2. The summed E-state index contributed by atoms with van der Waals surface area (Å²) < 4.78 is 1.53. The van der Waals surface area contributed by atoms with E-state index in [4.69, 9.17) is 0 Å². The van der Waals surface area contributed by atoms with Crippen LogP contribution in [0.15, 0.2) is 6.33 Å². The maximum absolute atomic E-state index is 3.47. The van der Waals surface area contributed by atoms with E-state index < -0.39 is 0 Å². The van der Waals surface area contributed by atoms with Gasteiger partial charge in [-0.15, -0.1) is 5.10 Å². The fraction of sp³-hybridized carbons (Fsp3) is 0.875. The van der Waals surface area contributed by atoms with Gasteiger partial charge in [0.25, 0.3) is 0 Å². The first-order valence-electron chi connectivity index (χ1n) is 4.37. The van der Waals surface area contributed by atoms with Crippen molar-refractivity contribution in [1.82, 2.24) is 20.2 Å². The number of rotatable bonds is 2. The Morgan fingerprint density at radius 3 is 2.00 bits per heavy atom. The molecule has 0 saturated carbocycles. The van der Waals surface area contributed by atoms with Crippen molar-refractivity contribution in [3.8, 4) is 0 Å². The zero-order valence-corrected chi connectivity index (χ0v) is 8.36. The largest absolute Gasteiger partial charge is 0.236 e.